The van der Waals surface area contributed by atoms with Gasteiger partial charge in [0.1, 0.15) is 5.82 Å². The number of hydrogen-bond donors (Lipinski definition) is 0. The Kier molecular flexibility index (Phi) is 6.18. The summed E-state index contributed by atoms with van der Waals surface area (Å²) in [5.74, 6) is 1.21. The van der Waals surface area contributed by atoms with Crippen LogP contribution in [-0.4, -0.2) is 38.8 Å². The van der Waals surface area contributed by atoms with Gasteiger partial charge in [0.15, 0.2) is 0 Å². The monoisotopic (exact) mass is 456 g/mol. The van der Waals surface area contributed by atoms with Crippen LogP contribution in [0.4, 0.5) is 0 Å². The number of hydrogen-bond acceptors (Lipinski definition) is 5. The minimum Gasteiger partial charge on any atom is -0.342 e. The van der Waals surface area contributed by atoms with E-state index in [2.05, 4.69) is 47.2 Å². The second kappa shape index (κ2) is 9.40. The minimum atomic E-state index is 0.210. The lowest BCUT2D eigenvalue weighted by atomic mass is 9.89. The summed E-state index contributed by atoms with van der Waals surface area (Å²) in [4.78, 5) is 29.1. The maximum Gasteiger partial charge on any atom is 0.223 e. The fourth-order valence-electron chi connectivity index (χ4n) is 4.66. The molecule has 0 bridgehead atoms. The van der Waals surface area contributed by atoms with E-state index >= 15 is 0 Å². The summed E-state index contributed by atoms with van der Waals surface area (Å²) in [6.07, 6.45) is 5.17. The molecule has 0 saturated carbocycles. The summed E-state index contributed by atoms with van der Waals surface area (Å²) in [6.45, 7) is 5.57. The lowest BCUT2D eigenvalue weighted by Crippen LogP contribution is -2.39. The first-order valence-corrected chi connectivity index (χ1v) is 12.4. The predicted octanol–water partition coefficient (Wildman–Crippen LogP) is 5.71. The Bertz CT molecular complexity index is 1270. The first-order valence-electron chi connectivity index (χ1n) is 11.6. The van der Waals surface area contributed by atoms with E-state index in [1.165, 1.54) is 10.3 Å². The molecule has 2 aromatic heterocycles. The average molecular weight is 457 g/mol. The van der Waals surface area contributed by atoms with E-state index in [0.29, 0.717) is 19.4 Å². The molecule has 0 N–H and O–H groups in total. The minimum absolute atomic E-state index is 0.210. The number of fused-ring (bicyclic) bond motifs is 1. The zero-order chi connectivity index (χ0) is 22.8. The Morgan fingerprint density at radius 1 is 1.12 bits per heavy atom. The molecule has 0 aliphatic carbocycles. The van der Waals surface area contributed by atoms with Crippen LogP contribution in [0.5, 0.6) is 0 Å². The summed E-state index contributed by atoms with van der Waals surface area (Å²) in [5, 5.41) is 1.03. The van der Waals surface area contributed by atoms with Crippen LogP contribution < -0.4 is 0 Å². The highest BCUT2D eigenvalue weighted by Gasteiger charge is 2.28. The molecule has 0 radical (unpaired) electrons. The van der Waals surface area contributed by atoms with Gasteiger partial charge in [-0.25, -0.2) is 15.0 Å². The van der Waals surface area contributed by atoms with Gasteiger partial charge in [-0.1, -0.05) is 42.0 Å². The van der Waals surface area contributed by atoms with E-state index in [1.807, 2.05) is 36.2 Å². The number of benzene rings is 2. The van der Waals surface area contributed by atoms with Crippen molar-refractivity contribution < 1.29 is 4.79 Å². The highest BCUT2D eigenvalue weighted by molar-refractivity contribution is 7.18. The Labute approximate surface area is 198 Å². The van der Waals surface area contributed by atoms with Crippen molar-refractivity contribution in [2.75, 3.05) is 13.1 Å². The molecule has 1 aliphatic heterocycles. The van der Waals surface area contributed by atoms with Crippen molar-refractivity contribution in [3.05, 3.63) is 76.8 Å². The maximum absolute atomic E-state index is 13.1. The molecule has 4 aromatic rings. The number of aromatic nitrogens is 3. The highest BCUT2D eigenvalue weighted by Crippen LogP contribution is 2.33. The molecule has 5 nitrogen and oxygen atoms in total. The van der Waals surface area contributed by atoms with E-state index in [4.69, 9.17) is 4.98 Å². The van der Waals surface area contributed by atoms with E-state index < -0.39 is 0 Å². The molecule has 1 fully saturated rings. The van der Waals surface area contributed by atoms with E-state index in [9.17, 15) is 4.79 Å². The van der Waals surface area contributed by atoms with Crippen LogP contribution in [0.1, 0.15) is 47.3 Å². The number of likely N-dealkylation sites (tertiary alicyclic amines) is 1. The van der Waals surface area contributed by atoms with Gasteiger partial charge >= 0.3 is 0 Å². The normalized spacial score (nSPS) is 16.3. The van der Waals surface area contributed by atoms with Crippen molar-refractivity contribution in [2.24, 2.45) is 0 Å². The first-order chi connectivity index (χ1) is 16.1. The first kappa shape index (κ1) is 21.7. The van der Waals surface area contributed by atoms with Gasteiger partial charge in [-0.2, -0.15) is 0 Å². The van der Waals surface area contributed by atoms with E-state index in [0.717, 1.165) is 52.6 Å². The van der Waals surface area contributed by atoms with Crippen LogP contribution in [0.2, 0.25) is 0 Å². The van der Waals surface area contributed by atoms with Crippen molar-refractivity contribution in [3.63, 3.8) is 0 Å². The number of piperidine rings is 1. The van der Waals surface area contributed by atoms with Crippen molar-refractivity contribution in [1.29, 1.82) is 0 Å². The van der Waals surface area contributed by atoms with Crippen molar-refractivity contribution in [3.8, 4) is 11.1 Å². The smallest absolute Gasteiger partial charge is 0.223 e. The Balaban J connectivity index is 1.31. The SMILES string of the molecule is Cc1cccc(-c2cnc(C)nc2C2CCCN(C(=O)CCc3nc4ccccc4s3)C2)c1. The van der Waals surface area contributed by atoms with Crippen molar-refractivity contribution in [2.45, 2.75) is 45.4 Å². The summed E-state index contributed by atoms with van der Waals surface area (Å²) >= 11 is 1.69. The number of amides is 1. The van der Waals surface area contributed by atoms with Gasteiger partial charge < -0.3 is 4.90 Å². The van der Waals surface area contributed by atoms with Gasteiger partial charge in [-0.05, 0) is 44.4 Å². The molecule has 168 valence electrons. The summed E-state index contributed by atoms with van der Waals surface area (Å²) in [7, 11) is 0. The number of nitrogens with zero attached hydrogens (tertiary/aromatic N) is 4. The lowest BCUT2D eigenvalue weighted by molar-refractivity contribution is -0.132. The highest BCUT2D eigenvalue weighted by atomic mass is 32.1. The number of carbonyl (C=O) groups excluding carboxylic acids is 1. The molecule has 6 heteroatoms. The Morgan fingerprint density at radius 3 is 2.85 bits per heavy atom. The number of para-hydroxylation sites is 1. The third-order valence-corrected chi connectivity index (χ3v) is 7.42. The van der Waals surface area contributed by atoms with Crippen LogP contribution in [0.25, 0.3) is 21.3 Å². The van der Waals surface area contributed by atoms with Crippen LogP contribution in [0.15, 0.2) is 54.7 Å². The van der Waals surface area contributed by atoms with Crippen molar-refractivity contribution >= 4 is 27.5 Å². The molecule has 1 aliphatic rings. The van der Waals surface area contributed by atoms with Crippen molar-refractivity contribution in [1.82, 2.24) is 19.9 Å². The van der Waals surface area contributed by atoms with Gasteiger partial charge in [0, 0.05) is 43.6 Å². The molecule has 1 unspecified atom stereocenters. The van der Waals surface area contributed by atoms with Gasteiger partial charge in [0.05, 0.1) is 20.9 Å². The van der Waals surface area contributed by atoms with E-state index in [-0.39, 0.29) is 11.8 Å². The van der Waals surface area contributed by atoms with Crippen LogP contribution in [0, 0.1) is 13.8 Å². The third kappa shape index (κ3) is 4.81. The van der Waals surface area contributed by atoms with Gasteiger partial charge in [0.25, 0.3) is 0 Å². The van der Waals surface area contributed by atoms with Gasteiger partial charge in [-0.15, -0.1) is 11.3 Å². The lowest BCUT2D eigenvalue weighted by Gasteiger charge is -2.33. The second-order valence-corrected chi connectivity index (χ2v) is 9.96. The van der Waals surface area contributed by atoms with Gasteiger partial charge in [-0.3, -0.25) is 4.79 Å². The van der Waals surface area contributed by atoms with Crippen LogP contribution in [0.3, 0.4) is 0 Å². The van der Waals surface area contributed by atoms with Crippen LogP contribution >= 0.6 is 11.3 Å². The van der Waals surface area contributed by atoms with Crippen LogP contribution in [-0.2, 0) is 11.2 Å². The standard InChI is InChI=1S/C27H28N4OS/c1-18-7-5-8-20(15-18)22-16-28-19(2)29-27(22)21-9-6-14-31(17-21)26(32)13-12-25-30-23-10-3-4-11-24(23)33-25/h3-5,7-8,10-11,15-16,21H,6,9,12-14,17H2,1-2H3. The Morgan fingerprint density at radius 2 is 2.00 bits per heavy atom. The fraction of sp³-hybridized carbons (Fsp3) is 0.333. The topological polar surface area (TPSA) is 59.0 Å². The quantitative estimate of drug-likeness (QED) is 0.386. The molecule has 3 heterocycles. The summed E-state index contributed by atoms with van der Waals surface area (Å²) < 4.78 is 1.18. The zero-order valence-electron chi connectivity index (χ0n) is 19.1. The van der Waals surface area contributed by atoms with Gasteiger partial charge in [0.2, 0.25) is 5.91 Å². The summed E-state index contributed by atoms with van der Waals surface area (Å²) in [6, 6.07) is 16.6. The molecule has 1 amide bonds. The predicted molar refractivity (Wildman–Crippen MR) is 133 cm³/mol. The molecule has 33 heavy (non-hydrogen) atoms. The number of aryl methyl sites for hydroxylation is 3. The number of carbonyl (C=O) groups is 1. The second-order valence-electron chi connectivity index (χ2n) is 8.84. The third-order valence-electron chi connectivity index (χ3n) is 6.32. The fourth-order valence-corrected chi connectivity index (χ4v) is 5.63. The molecular formula is C27H28N4OS. The largest absolute Gasteiger partial charge is 0.342 e. The Hall–Kier alpha value is -3.12. The molecule has 2 aromatic carbocycles. The zero-order valence-corrected chi connectivity index (χ0v) is 19.9. The molecule has 0 spiro atoms. The number of thiazole rings is 1. The average Bonchev–Trinajstić information content (AvgIpc) is 3.26. The molecule has 1 atom stereocenters. The summed E-state index contributed by atoms with van der Waals surface area (Å²) in [5.41, 5.74) is 5.53. The molecule has 5 rings (SSSR count). The number of rotatable bonds is 5. The van der Waals surface area contributed by atoms with E-state index in [1.54, 1.807) is 11.3 Å². The molecule has 1 saturated heterocycles. The molecular weight excluding hydrogens is 428 g/mol. The maximum atomic E-state index is 13.1.